The van der Waals surface area contributed by atoms with Crippen molar-refractivity contribution in [1.82, 2.24) is 10.2 Å². The second-order valence-electron chi connectivity index (χ2n) is 6.41. The molecule has 1 N–H and O–H groups in total. The van der Waals surface area contributed by atoms with E-state index in [0.29, 0.717) is 12.1 Å². The van der Waals surface area contributed by atoms with Gasteiger partial charge in [0.1, 0.15) is 0 Å². The smallest absolute Gasteiger partial charge is 0.0261 e. The summed E-state index contributed by atoms with van der Waals surface area (Å²) in [6.45, 7) is 8.22. The van der Waals surface area contributed by atoms with Crippen LogP contribution in [0.3, 0.4) is 0 Å². The zero-order valence-electron chi connectivity index (χ0n) is 13.9. The van der Waals surface area contributed by atoms with E-state index in [1.54, 1.807) is 0 Å². The molecule has 1 saturated heterocycles. The molecule has 0 saturated carbocycles. The van der Waals surface area contributed by atoms with E-state index in [1.807, 2.05) is 0 Å². The number of hydrogen-bond donors (Lipinski definition) is 1. The van der Waals surface area contributed by atoms with Crippen molar-refractivity contribution in [2.24, 2.45) is 0 Å². The Labute approximate surface area is 130 Å². The summed E-state index contributed by atoms with van der Waals surface area (Å²) in [5.74, 6) is 0. The van der Waals surface area contributed by atoms with E-state index in [2.05, 4.69) is 54.4 Å². The Balaban J connectivity index is 1.89. The normalized spacial score (nSPS) is 23.3. The Morgan fingerprint density at radius 3 is 2.62 bits per heavy atom. The van der Waals surface area contributed by atoms with Crippen LogP contribution >= 0.6 is 0 Å². The first-order chi connectivity index (χ1) is 10.3. The molecule has 0 amide bonds. The molecule has 1 aliphatic rings. The molecule has 0 bridgehead atoms. The molecule has 0 aromatic heterocycles. The summed E-state index contributed by atoms with van der Waals surface area (Å²) >= 11 is 0. The summed E-state index contributed by atoms with van der Waals surface area (Å²) < 4.78 is 0. The summed E-state index contributed by atoms with van der Waals surface area (Å²) in [6.07, 6.45) is 7.87. The molecule has 0 radical (unpaired) electrons. The standard InChI is InChI=1S/C19H32N2/c1-3-5-6-10-13-21-16-18(4-2)20-15-19(21)14-17-11-8-7-9-12-17/h7-9,11-12,18-20H,3-6,10,13-16H2,1-2H3. The molecule has 2 nitrogen and oxygen atoms in total. The highest BCUT2D eigenvalue weighted by molar-refractivity contribution is 5.16. The second kappa shape index (κ2) is 9.22. The van der Waals surface area contributed by atoms with Gasteiger partial charge in [-0.1, -0.05) is 63.4 Å². The van der Waals surface area contributed by atoms with Crippen molar-refractivity contribution in [2.45, 2.75) is 64.5 Å². The fourth-order valence-electron chi connectivity index (χ4n) is 3.30. The molecule has 2 atom stereocenters. The van der Waals surface area contributed by atoms with E-state index in [9.17, 15) is 0 Å². The van der Waals surface area contributed by atoms with Crippen LogP contribution in [-0.4, -0.2) is 36.6 Å². The van der Waals surface area contributed by atoms with Gasteiger partial charge in [0.15, 0.2) is 0 Å². The fourth-order valence-corrected chi connectivity index (χ4v) is 3.30. The van der Waals surface area contributed by atoms with Gasteiger partial charge in [-0.3, -0.25) is 4.90 Å². The Kier molecular flexibility index (Phi) is 7.25. The van der Waals surface area contributed by atoms with Crippen molar-refractivity contribution in [1.29, 1.82) is 0 Å². The van der Waals surface area contributed by atoms with Crippen LogP contribution in [-0.2, 0) is 6.42 Å². The molecule has 0 aliphatic carbocycles. The zero-order valence-corrected chi connectivity index (χ0v) is 13.9. The van der Waals surface area contributed by atoms with Crippen LogP contribution in [0.4, 0.5) is 0 Å². The highest BCUT2D eigenvalue weighted by atomic mass is 15.2. The van der Waals surface area contributed by atoms with Gasteiger partial charge in [0.25, 0.3) is 0 Å². The third-order valence-corrected chi connectivity index (χ3v) is 4.72. The molecule has 2 heteroatoms. The third kappa shape index (κ3) is 5.44. The van der Waals surface area contributed by atoms with E-state index in [1.165, 1.54) is 57.2 Å². The monoisotopic (exact) mass is 288 g/mol. The molecule has 1 aromatic carbocycles. The Morgan fingerprint density at radius 2 is 1.90 bits per heavy atom. The summed E-state index contributed by atoms with van der Waals surface area (Å²) in [7, 11) is 0. The van der Waals surface area contributed by atoms with Crippen molar-refractivity contribution in [3.05, 3.63) is 35.9 Å². The SMILES string of the molecule is CCCCCCN1CC(CC)NCC1Cc1ccccc1. The van der Waals surface area contributed by atoms with E-state index in [0.717, 1.165) is 6.54 Å². The van der Waals surface area contributed by atoms with Crippen molar-refractivity contribution >= 4 is 0 Å². The van der Waals surface area contributed by atoms with E-state index < -0.39 is 0 Å². The van der Waals surface area contributed by atoms with Crippen LogP contribution < -0.4 is 5.32 Å². The van der Waals surface area contributed by atoms with Gasteiger partial charge in [-0.15, -0.1) is 0 Å². The van der Waals surface area contributed by atoms with Crippen LogP contribution in [0.5, 0.6) is 0 Å². The lowest BCUT2D eigenvalue weighted by Gasteiger charge is -2.40. The van der Waals surface area contributed by atoms with Gasteiger partial charge in [-0.05, 0) is 31.4 Å². The number of nitrogens with one attached hydrogen (secondary N) is 1. The van der Waals surface area contributed by atoms with Crippen molar-refractivity contribution < 1.29 is 0 Å². The molecule has 2 unspecified atom stereocenters. The topological polar surface area (TPSA) is 15.3 Å². The predicted octanol–water partition coefficient (Wildman–Crippen LogP) is 3.86. The lowest BCUT2D eigenvalue weighted by molar-refractivity contribution is 0.125. The van der Waals surface area contributed by atoms with E-state index in [4.69, 9.17) is 0 Å². The number of unbranched alkanes of at least 4 members (excludes halogenated alkanes) is 3. The first kappa shape index (κ1) is 16.5. The van der Waals surface area contributed by atoms with Crippen LogP contribution in [0, 0.1) is 0 Å². The molecule has 1 aliphatic heterocycles. The lowest BCUT2D eigenvalue weighted by Crippen LogP contribution is -2.57. The fraction of sp³-hybridized carbons (Fsp3) is 0.684. The van der Waals surface area contributed by atoms with Gasteiger partial charge in [-0.2, -0.15) is 0 Å². The van der Waals surface area contributed by atoms with Gasteiger partial charge >= 0.3 is 0 Å². The summed E-state index contributed by atoms with van der Waals surface area (Å²) in [6, 6.07) is 12.3. The van der Waals surface area contributed by atoms with Crippen LogP contribution in [0.15, 0.2) is 30.3 Å². The molecule has 2 rings (SSSR count). The van der Waals surface area contributed by atoms with Crippen molar-refractivity contribution in [2.75, 3.05) is 19.6 Å². The number of rotatable bonds is 8. The van der Waals surface area contributed by atoms with Crippen LogP contribution in [0.1, 0.15) is 51.5 Å². The van der Waals surface area contributed by atoms with Gasteiger partial charge in [0.05, 0.1) is 0 Å². The zero-order chi connectivity index (χ0) is 14.9. The minimum atomic E-state index is 0.664. The highest BCUT2D eigenvalue weighted by Gasteiger charge is 2.26. The number of piperazine rings is 1. The van der Waals surface area contributed by atoms with E-state index in [-0.39, 0.29) is 0 Å². The Bertz CT molecular complexity index is 376. The first-order valence-electron chi connectivity index (χ1n) is 8.84. The minimum absolute atomic E-state index is 0.664. The van der Waals surface area contributed by atoms with Crippen molar-refractivity contribution in [3.8, 4) is 0 Å². The summed E-state index contributed by atoms with van der Waals surface area (Å²) in [5, 5.41) is 3.73. The van der Waals surface area contributed by atoms with Crippen LogP contribution in [0.2, 0.25) is 0 Å². The number of hydrogen-bond acceptors (Lipinski definition) is 2. The molecule has 21 heavy (non-hydrogen) atoms. The predicted molar refractivity (Wildman–Crippen MR) is 91.7 cm³/mol. The molecule has 118 valence electrons. The molecule has 1 fully saturated rings. The number of benzene rings is 1. The maximum atomic E-state index is 3.73. The molecular formula is C19H32N2. The van der Waals surface area contributed by atoms with Gasteiger partial charge in [0.2, 0.25) is 0 Å². The van der Waals surface area contributed by atoms with Gasteiger partial charge < -0.3 is 5.32 Å². The average Bonchev–Trinajstić information content (AvgIpc) is 2.54. The Hall–Kier alpha value is -0.860. The average molecular weight is 288 g/mol. The summed E-state index contributed by atoms with van der Waals surface area (Å²) in [4.78, 5) is 2.74. The third-order valence-electron chi connectivity index (χ3n) is 4.72. The minimum Gasteiger partial charge on any atom is -0.311 e. The van der Waals surface area contributed by atoms with Gasteiger partial charge in [0, 0.05) is 25.2 Å². The summed E-state index contributed by atoms with van der Waals surface area (Å²) in [5.41, 5.74) is 1.47. The largest absolute Gasteiger partial charge is 0.311 e. The first-order valence-corrected chi connectivity index (χ1v) is 8.84. The van der Waals surface area contributed by atoms with Crippen molar-refractivity contribution in [3.63, 3.8) is 0 Å². The maximum Gasteiger partial charge on any atom is 0.0261 e. The highest BCUT2D eigenvalue weighted by Crippen LogP contribution is 2.15. The maximum absolute atomic E-state index is 3.73. The van der Waals surface area contributed by atoms with Crippen LogP contribution in [0.25, 0.3) is 0 Å². The van der Waals surface area contributed by atoms with Gasteiger partial charge in [-0.25, -0.2) is 0 Å². The Morgan fingerprint density at radius 1 is 1.10 bits per heavy atom. The van der Waals surface area contributed by atoms with E-state index >= 15 is 0 Å². The lowest BCUT2D eigenvalue weighted by atomic mass is 9.99. The molecule has 0 spiro atoms. The quantitative estimate of drug-likeness (QED) is 0.731. The number of nitrogens with zero attached hydrogens (tertiary/aromatic N) is 1. The molecular weight excluding hydrogens is 256 g/mol. The molecule has 1 heterocycles. The molecule has 1 aromatic rings. The second-order valence-corrected chi connectivity index (χ2v) is 6.41.